The first-order valence-corrected chi connectivity index (χ1v) is 11.2. The molecule has 2 aromatic heterocycles. The van der Waals surface area contributed by atoms with E-state index in [4.69, 9.17) is 11.6 Å². The van der Waals surface area contributed by atoms with Gasteiger partial charge < -0.3 is 10.2 Å². The lowest BCUT2D eigenvalue weighted by Gasteiger charge is -2.21. The molecule has 0 aromatic carbocycles. The second-order valence-electron chi connectivity index (χ2n) is 5.13. The average molecular weight is 421 g/mol. The van der Waals surface area contributed by atoms with Crippen LogP contribution >= 0.6 is 34.3 Å². The number of guanidine groups is 1. The molecule has 0 saturated heterocycles. The van der Waals surface area contributed by atoms with Gasteiger partial charge in [-0.05, 0) is 30.5 Å². The van der Waals surface area contributed by atoms with Crippen LogP contribution in [-0.2, 0) is 16.6 Å². The van der Waals surface area contributed by atoms with Crippen molar-refractivity contribution in [3.8, 4) is 0 Å². The zero-order chi connectivity index (χ0) is 18.3. The maximum Gasteiger partial charge on any atom is 0.250 e. The maximum absolute atomic E-state index is 12.1. The van der Waals surface area contributed by atoms with Crippen LogP contribution in [0.3, 0.4) is 0 Å². The lowest BCUT2D eigenvalue weighted by molar-refractivity contribution is 0.481. The van der Waals surface area contributed by atoms with E-state index < -0.39 is 10.0 Å². The van der Waals surface area contributed by atoms with Gasteiger partial charge in [-0.1, -0.05) is 17.7 Å². The molecule has 0 atom stereocenters. The van der Waals surface area contributed by atoms with Gasteiger partial charge in [0.05, 0.1) is 17.4 Å². The summed E-state index contributed by atoms with van der Waals surface area (Å²) in [5.41, 5.74) is 0. The number of nitrogens with zero attached hydrogens (tertiary/aromatic N) is 2. The predicted molar refractivity (Wildman–Crippen MR) is 106 cm³/mol. The lowest BCUT2D eigenvalue weighted by Crippen LogP contribution is -2.39. The van der Waals surface area contributed by atoms with Crippen molar-refractivity contribution >= 4 is 50.3 Å². The minimum absolute atomic E-state index is 0.244. The van der Waals surface area contributed by atoms with Crippen LogP contribution in [0.1, 0.15) is 11.8 Å². The fourth-order valence-corrected chi connectivity index (χ4v) is 5.24. The van der Waals surface area contributed by atoms with Crippen LogP contribution in [0.4, 0.5) is 0 Å². The van der Waals surface area contributed by atoms with Gasteiger partial charge in [0.25, 0.3) is 0 Å². The number of hydrogen-bond donors (Lipinski definition) is 2. The molecule has 2 rings (SSSR count). The third-order valence-corrected chi connectivity index (χ3v) is 7.22. The van der Waals surface area contributed by atoms with E-state index in [1.54, 1.807) is 17.5 Å². The Hall–Kier alpha value is -1.13. The van der Waals surface area contributed by atoms with Gasteiger partial charge in [0.15, 0.2) is 5.96 Å². The summed E-state index contributed by atoms with van der Waals surface area (Å²) in [7, 11) is -1.51. The number of rotatable bonds is 8. The number of halogens is 1. The van der Waals surface area contributed by atoms with Crippen LogP contribution in [0.25, 0.3) is 0 Å². The van der Waals surface area contributed by atoms with Gasteiger partial charge in [0, 0.05) is 25.0 Å². The Morgan fingerprint density at radius 3 is 2.76 bits per heavy atom. The van der Waals surface area contributed by atoms with E-state index in [1.807, 2.05) is 31.0 Å². The summed E-state index contributed by atoms with van der Waals surface area (Å²) in [5, 5.41) is 4.94. The van der Waals surface area contributed by atoms with Crippen LogP contribution in [0, 0.1) is 0 Å². The van der Waals surface area contributed by atoms with Crippen molar-refractivity contribution in [2.24, 2.45) is 4.99 Å². The van der Waals surface area contributed by atoms with Crippen molar-refractivity contribution < 1.29 is 8.42 Å². The van der Waals surface area contributed by atoms with E-state index in [0.29, 0.717) is 17.3 Å². The van der Waals surface area contributed by atoms with Gasteiger partial charge in [0.2, 0.25) is 10.0 Å². The monoisotopic (exact) mass is 420 g/mol. The molecule has 10 heteroatoms. The first-order valence-electron chi connectivity index (χ1n) is 7.69. The van der Waals surface area contributed by atoms with Crippen molar-refractivity contribution in [2.75, 3.05) is 26.7 Å². The molecule has 0 bridgehead atoms. The molecule has 2 heterocycles. The van der Waals surface area contributed by atoms with Crippen molar-refractivity contribution in [1.82, 2.24) is 14.9 Å². The highest BCUT2D eigenvalue weighted by molar-refractivity contribution is 7.91. The predicted octanol–water partition coefficient (Wildman–Crippen LogP) is 2.84. The third kappa shape index (κ3) is 6.27. The van der Waals surface area contributed by atoms with Crippen LogP contribution in [0.5, 0.6) is 0 Å². The van der Waals surface area contributed by atoms with Crippen LogP contribution < -0.4 is 10.0 Å². The van der Waals surface area contributed by atoms with E-state index in [9.17, 15) is 8.42 Å². The number of aliphatic imine (C=N–C) groups is 1. The Morgan fingerprint density at radius 2 is 2.16 bits per heavy atom. The zero-order valence-corrected chi connectivity index (χ0v) is 17.2. The largest absolute Gasteiger partial charge is 0.357 e. The SMILES string of the molecule is CCNC(=NCCNS(=O)(=O)c1cccs1)N(C)Cc1ccc(Cl)s1. The Balaban J connectivity index is 1.90. The number of hydrogen-bond acceptors (Lipinski definition) is 5. The van der Waals surface area contributed by atoms with E-state index in [-0.39, 0.29) is 6.54 Å². The summed E-state index contributed by atoms with van der Waals surface area (Å²) in [6, 6.07) is 7.16. The van der Waals surface area contributed by atoms with Gasteiger partial charge in [0.1, 0.15) is 4.21 Å². The first kappa shape index (κ1) is 20.2. The molecule has 2 aromatic rings. The van der Waals surface area contributed by atoms with Gasteiger partial charge in [-0.15, -0.1) is 22.7 Å². The average Bonchev–Trinajstić information content (AvgIpc) is 3.22. The minimum atomic E-state index is -3.44. The summed E-state index contributed by atoms with van der Waals surface area (Å²) in [5.74, 6) is 0.724. The fourth-order valence-electron chi connectivity index (χ4n) is 2.04. The second-order valence-corrected chi connectivity index (χ2v) is 9.87. The Kier molecular flexibility index (Phi) is 7.70. The topological polar surface area (TPSA) is 73.8 Å². The summed E-state index contributed by atoms with van der Waals surface area (Å²) in [4.78, 5) is 7.60. The molecule has 0 aliphatic carbocycles. The van der Waals surface area contributed by atoms with Crippen LogP contribution in [0.2, 0.25) is 4.34 Å². The van der Waals surface area contributed by atoms with Crippen molar-refractivity contribution in [3.05, 3.63) is 38.9 Å². The summed E-state index contributed by atoms with van der Waals surface area (Å²) >= 11 is 8.69. The highest BCUT2D eigenvalue weighted by Crippen LogP contribution is 2.22. The molecule has 6 nitrogen and oxygen atoms in total. The number of sulfonamides is 1. The Labute approximate surface area is 161 Å². The highest BCUT2D eigenvalue weighted by Gasteiger charge is 2.14. The molecule has 0 amide bonds. The third-order valence-electron chi connectivity index (χ3n) is 3.14. The molecule has 0 radical (unpaired) electrons. The second kappa shape index (κ2) is 9.54. The quantitative estimate of drug-likeness (QED) is 0.391. The molecule has 0 saturated carbocycles. The van der Waals surface area contributed by atoms with E-state index in [0.717, 1.165) is 21.7 Å². The van der Waals surface area contributed by atoms with E-state index in [1.165, 1.54) is 22.7 Å². The summed E-state index contributed by atoms with van der Waals surface area (Å²) < 4.78 is 27.7. The molecule has 138 valence electrons. The van der Waals surface area contributed by atoms with E-state index >= 15 is 0 Å². The van der Waals surface area contributed by atoms with Crippen LogP contribution in [0.15, 0.2) is 38.8 Å². The molecule has 0 aliphatic rings. The highest BCUT2D eigenvalue weighted by atomic mass is 35.5. The Bertz CT molecular complexity index is 788. The number of nitrogens with one attached hydrogen (secondary N) is 2. The van der Waals surface area contributed by atoms with E-state index in [2.05, 4.69) is 15.0 Å². The van der Waals surface area contributed by atoms with Gasteiger partial charge in [-0.2, -0.15) is 0 Å². The van der Waals surface area contributed by atoms with Crippen LogP contribution in [-0.4, -0.2) is 46.0 Å². The summed E-state index contributed by atoms with van der Waals surface area (Å²) in [6.45, 7) is 4.00. The minimum Gasteiger partial charge on any atom is -0.357 e. The molecule has 25 heavy (non-hydrogen) atoms. The molecule has 0 aliphatic heterocycles. The van der Waals surface area contributed by atoms with Crippen molar-refractivity contribution in [2.45, 2.75) is 17.7 Å². The molecule has 0 unspecified atom stereocenters. The molecule has 0 spiro atoms. The van der Waals surface area contributed by atoms with Crippen molar-refractivity contribution in [3.63, 3.8) is 0 Å². The zero-order valence-electron chi connectivity index (χ0n) is 14.0. The normalized spacial score (nSPS) is 12.4. The molecular weight excluding hydrogens is 400 g/mol. The van der Waals surface area contributed by atoms with Gasteiger partial charge >= 0.3 is 0 Å². The summed E-state index contributed by atoms with van der Waals surface area (Å²) in [6.07, 6.45) is 0. The Morgan fingerprint density at radius 1 is 1.36 bits per heavy atom. The maximum atomic E-state index is 12.1. The lowest BCUT2D eigenvalue weighted by atomic mass is 10.4. The number of thiophene rings is 2. The van der Waals surface area contributed by atoms with Gasteiger partial charge in [-0.3, -0.25) is 4.99 Å². The standard InChI is InChI=1S/C15H21ClN4O2S3/c1-3-17-15(20(2)11-12-6-7-13(16)24-12)18-8-9-19-25(21,22)14-5-4-10-23-14/h4-7,10,19H,3,8-9,11H2,1-2H3,(H,17,18). The van der Waals surface area contributed by atoms with Gasteiger partial charge in [-0.25, -0.2) is 13.1 Å². The fraction of sp³-hybridized carbons (Fsp3) is 0.400. The molecular formula is C15H21ClN4O2S3. The van der Waals surface area contributed by atoms with Crippen molar-refractivity contribution in [1.29, 1.82) is 0 Å². The smallest absolute Gasteiger partial charge is 0.250 e. The first-order chi connectivity index (χ1) is 11.9. The molecule has 0 fully saturated rings. The molecule has 2 N–H and O–H groups in total.